The average Bonchev–Trinajstić information content (AvgIpc) is 2.87. The van der Waals surface area contributed by atoms with Crippen LogP contribution in [0.5, 0.6) is 0 Å². The molecule has 0 aliphatic carbocycles. The molecule has 0 fully saturated rings. The Kier molecular flexibility index (Phi) is 5.25. The standard InChI is InChI=1S/C14H18N4O2/c15-12(19)7-4-8-16-10-14-17-13(18-20-14)9-11-5-2-1-3-6-11/h1-3,5-6,16H,4,7-10H2,(H2,15,19). The second kappa shape index (κ2) is 7.40. The Balaban J connectivity index is 1.73. The molecular weight excluding hydrogens is 256 g/mol. The molecule has 0 spiro atoms. The van der Waals surface area contributed by atoms with Gasteiger partial charge in [0.05, 0.1) is 6.54 Å². The van der Waals surface area contributed by atoms with E-state index in [-0.39, 0.29) is 5.91 Å². The number of carbonyl (C=O) groups excluding carboxylic acids is 1. The lowest BCUT2D eigenvalue weighted by molar-refractivity contribution is -0.118. The minimum atomic E-state index is -0.283. The van der Waals surface area contributed by atoms with Gasteiger partial charge in [-0.2, -0.15) is 4.98 Å². The van der Waals surface area contributed by atoms with Crippen molar-refractivity contribution in [2.24, 2.45) is 5.73 Å². The minimum Gasteiger partial charge on any atom is -0.370 e. The first-order valence-electron chi connectivity index (χ1n) is 6.58. The summed E-state index contributed by atoms with van der Waals surface area (Å²) in [5.74, 6) is 0.940. The fourth-order valence-electron chi connectivity index (χ4n) is 1.80. The van der Waals surface area contributed by atoms with Crippen molar-refractivity contribution in [3.05, 3.63) is 47.6 Å². The van der Waals surface area contributed by atoms with Crippen LogP contribution in [0.25, 0.3) is 0 Å². The number of carbonyl (C=O) groups is 1. The molecule has 1 aromatic carbocycles. The van der Waals surface area contributed by atoms with Crippen molar-refractivity contribution in [3.63, 3.8) is 0 Å². The predicted molar refractivity (Wildman–Crippen MR) is 73.7 cm³/mol. The van der Waals surface area contributed by atoms with E-state index in [0.29, 0.717) is 44.1 Å². The molecule has 0 saturated carbocycles. The summed E-state index contributed by atoms with van der Waals surface area (Å²) >= 11 is 0. The number of amides is 1. The molecule has 0 aliphatic heterocycles. The van der Waals surface area contributed by atoms with Gasteiger partial charge in [-0.3, -0.25) is 4.79 Å². The lowest BCUT2D eigenvalue weighted by Gasteiger charge is -1.99. The van der Waals surface area contributed by atoms with Crippen LogP contribution in [0, 0.1) is 0 Å². The van der Waals surface area contributed by atoms with E-state index in [1.54, 1.807) is 0 Å². The Bertz CT molecular complexity index is 539. The lowest BCUT2D eigenvalue weighted by Crippen LogP contribution is -2.18. The monoisotopic (exact) mass is 274 g/mol. The van der Waals surface area contributed by atoms with Gasteiger partial charge >= 0.3 is 0 Å². The number of primary amides is 1. The number of rotatable bonds is 8. The maximum Gasteiger partial charge on any atom is 0.240 e. The summed E-state index contributed by atoms with van der Waals surface area (Å²) < 4.78 is 5.15. The predicted octanol–water partition coefficient (Wildman–Crippen LogP) is 1.02. The molecule has 0 unspecified atom stereocenters. The summed E-state index contributed by atoms with van der Waals surface area (Å²) in [5, 5.41) is 7.07. The summed E-state index contributed by atoms with van der Waals surface area (Å²) in [6.45, 7) is 1.19. The topological polar surface area (TPSA) is 94.0 Å². The van der Waals surface area contributed by atoms with Gasteiger partial charge in [0.25, 0.3) is 0 Å². The fraction of sp³-hybridized carbons (Fsp3) is 0.357. The van der Waals surface area contributed by atoms with Crippen molar-refractivity contribution < 1.29 is 9.32 Å². The van der Waals surface area contributed by atoms with Crippen molar-refractivity contribution in [3.8, 4) is 0 Å². The Morgan fingerprint density at radius 1 is 1.30 bits per heavy atom. The zero-order valence-electron chi connectivity index (χ0n) is 11.2. The van der Waals surface area contributed by atoms with Gasteiger partial charge in [-0.15, -0.1) is 0 Å². The third kappa shape index (κ3) is 4.81. The highest BCUT2D eigenvalue weighted by Gasteiger charge is 2.06. The van der Waals surface area contributed by atoms with Crippen LogP contribution in [0.4, 0.5) is 0 Å². The molecule has 1 amide bonds. The summed E-state index contributed by atoms with van der Waals surface area (Å²) in [5.41, 5.74) is 6.20. The zero-order chi connectivity index (χ0) is 14.2. The van der Waals surface area contributed by atoms with Crippen LogP contribution in [0.3, 0.4) is 0 Å². The second-order valence-electron chi connectivity index (χ2n) is 4.51. The largest absolute Gasteiger partial charge is 0.370 e. The van der Waals surface area contributed by atoms with Crippen molar-refractivity contribution in [2.75, 3.05) is 6.54 Å². The summed E-state index contributed by atoms with van der Waals surface area (Å²) in [4.78, 5) is 14.9. The third-order valence-corrected chi connectivity index (χ3v) is 2.77. The molecule has 0 saturated heterocycles. The van der Waals surface area contributed by atoms with Crippen LogP contribution < -0.4 is 11.1 Å². The van der Waals surface area contributed by atoms with Gasteiger partial charge in [0, 0.05) is 12.8 Å². The van der Waals surface area contributed by atoms with Crippen molar-refractivity contribution in [1.82, 2.24) is 15.5 Å². The molecule has 2 rings (SSSR count). The van der Waals surface area contributed by atoms with Crippen LogP contribution in [0.1, 0.15) is 30.1 Å². The number of nitrogens with zero attached hydrogens (tertiary/aromatic N) is 2. The SMILES string of the molecule is NC(=O)CCCNCc1nc(Cc2ccccc2)no1. The van der Waals surface area contributed by atoms with E-state index in [9.17, 15) is 4.79 Å². The highest BCUT2D eigenvalue weighted by atomic mass is 16.5. The molecule has 106 valence electrons. The first-order valence-corrected chi connectivity index (χ1v) is 6.58. The Morgan fingerprint density at radius 3 is 2.85 bits per heavy atom. The maximum absolute atomic E-state index is 10.6. The van der Waals surface area contributed by atoms with E-state index in [4.69, 9.17) is 10.3 Å². The van der Waals surface area contributed by atoms with Crippen LogP contribution in [0.15, 0.2) is 34.9 Å². The molecule has 6 heteroatoms. The van der Waals surface area contributed by atoms with E-state index in [0.717, 1.165) is 5.56 Å². The molecule has 1 heterocycles. The Labute approximate surface area is 117 Å². The highest BCUT2D eigenvalue weighted by molar-refractivity contribution is 5.73. The van der Waals surface area contributed by atoms with Gasteiger partial charge in [-0.1, -0.05) is 35.5 Å². The fourth-order valence-corrected chi connectivity index (χ4v) is 1.80. The smallest absolute Gasteiger partial charge is 0.240 e. The van der Waals surface area contributed by atoms with Crippen LogP contribution >= 0.6 is 0 Å². The van der Waals surface area contributed by atoms with E-state index in [1.165, 1.54) is 0 Å². The van der Waals surface area contributed by atoms with Gasteiger partial charge in [-0.05, 0) is 18.5 Å². The number of hydrogen-bond donors (Lipinski definition) is 2. The van der Waals surface area contributed by atoms with Crippen molar-refractivity contribution in [2.45, 2.75) is 25.8 Å². The molecule has 2 aromatic rings. The number of nitrogens with two attached hydrogens (primary N) is 1. The molecule has 1 aromatic heterocycles. The third-order valence-electron chi connectivity index (χ3n) is 2.77. The van der Waals surface area contributed by atoms with E-state index in [1.807, 2.05) is 30.3 Å². The molecule has 0 atom stereocenters. The molecular formula is C14H18N4O2. The van der Waals surface area contributed by atoms with Gasteiger partial charge in [0.1, 0.15) is 0 Å². The van der Waals surface area contributed by atoms with Crippen LogP contribution in [0.2, 0.25) is 0 Å². The first kappa shape index (κ1) is 14.2. The Hall–Kier alpha value is -2.21. The van der Waals surface area contributed by atoms with Crippen LogP contribution in [-0.2, 0) is 17.8 Å². The normalized spacial score (nSPS) is 10.6. The molecule has 0 radical (unpaired) electrons. The number of nitrogens with one attached hydrogen (secondary N) is 1. The first-order chi connectivity index (χ1) is 9.74. The quantitative estimate of drug-likeness (QED) is 0.701. The van der Waals surface area contributed by atoms with Crippen molar-refractivity contribution in [1.29, 1.82) is 0 Å². The minimum absolute atomic E-state index is 0.283. The molecule has 20 heavy (non-hydrogen) atoms. The Morgan fingerprint density at radius 2 is 2.10 bits per heavy atom. The molecule has 0 aliphatic rings. The van der Waals surface area contributed by atoms with Gasteiger partial charge < -0.3 is 15.6 Å². The zero-order valence-corrected chi connectivity index (χ0v) is 11.2. The molecule has 3 N–H and O–H groups in total. The average molecular weight is 274 g/mol. The second-order valence-corrected chi connectivity index (χ2v) is 4.51. The number of hydrogen-bond acceptors (Lipinski definition) is 5. The maximum atomic E-state index is 10.6. The van der Waals surface area contributed by atoms with Gasteiger partial charge in [0.2, 0.25) is 11.8 Å². The number of aromatic nitrogens is 2. The summed E-state index contributed by atoms with van der Waals surface area (Å²) in [7, 11) is 0. The van der Waals surface area contributed by atoms with Gasteiger partial charge in [-0.25, -0.2) is 0 Å². The summed E-state index contributed by atoms with van der Waals surface area (Å²) in [6, 6.07) is 9.99. The van der Waals surface area contributed by atoms with E-state index >= 15 is 0 Å². The van der Waals surface area contributed by atoms with Gasteiger partial charge in [0.15, 0.2) is 5.82 Å². The number of benzene rings is 1. The van der Waals surface area contributed by atoms with E-state index in [2.05, 4.69) is 15.5 Å². The molecule has 0 bridgehead atoms. The van der Waals surface area contributed by atoms with E-state index < -0.39 is 0 Å². The molecule has 6 nitrogen and oxygen atoms in total. The lowest BCUT2D eigenvalue weighted by atomic mass is 10.1. The summed E-state index contributed by atoms with van der Waals surface area (Å²) in [6.07, 6.45) is 1.75. The van der Waals surface area contributed by atoms with Crippen molar-refractivity contribution >= 4 is 5.91 Å². The van der Waals surface area contributed by atoms with Crippen LogP contribution in [-0.4, -0.2) is 22.6 Å². The highest BCUT2D eigenvalue weighted by Crippen LogP contribution is 2.06.